The van der Waals surface area contributed by atoms with Crippen molar-refractivity contribution < 1.29 is 4.74 Å². The SMILES string of the molecule is CN[C@]1(COc2cccnc2)C[C@H]1C.Cl.Cl. The summed E-state index contributed by atoms with van der Waals surface area (Å²) in [7, 11) is 2.00. The minimum Gasteiger partial charge on any atom is -0.490 e. The van der Waals surface area contributed by atoms with Crippen molar-refractivity contribution in [1.82, 2.24) is 10.3 Å². The number of hydrogen-bond donors (Lipinski definition) is 1. The molecule has 2 atom stereocenters. The largest absolute Gasteiger partial charge is 0.490 e. The van der Waals surface area contributed by atoms with E-state index in [1.54, 1.807) is 12.4 Å². The fourth-order valence-electron chi connectivity index (χ4n) is 1.75. The second-order valence-corrected chi connectivity index (χ2v) is 3.99. The first-order valence-corrected chi connectivity index (χ1v) is 4.98. The molecule has 0 amide bonds. The summed E-state index contributed by atoms with van der Waals surface area (Å²) in [4.78, 5) is 4.01. The van der Waals surface area contributed by atoms with Crippen LogP contribution in [0.2, 0.25) is 0 Å². The number of rotatable bonds is 4. The van der Waals surface area contributed by atoms with Gasteiger partial charge in [0.05, 0.1) is 11.7 Å². The molecule has 0 radical (unpaired) electrons. The van der Waals surface area contributed by atoms with Gasteiger partial charge in [-0.15, -0.1) is 24.8 Å². The minimum absolute atomic E-state index is 0. The highest BCUT2D eigenvalue weighted by molar-refractivity contribution is 5.85. The van der Waals surface area contributed by atoms with Gasteiger partial charge in [0.2, 0.25) is 0 Å². The highest BCUT2D eigenvalue weighted by Crippen LogP contribution is 2.42. The van der Waals surface area contributed by atoms with Crippen molar-refractivity contribution in [3.8, 4) is 5.75 Å². The average Bonchev–Trinajstić information content (AvgIpc) is 2.89. The van der Waals surface area contributed by atoms with E-state index in [2.05, 4.69) is 17.2 Å². The van der Waals surface area contributed by atoms with Gasteiger partial charge in [-0.1, -0.05) is 6.92 Å². The Morgan fingerprint density at radius 2 is 2.25 bits per heavy atom. The third-order valence-corrected chi connectivity index (χ3v) is 3.08. The van der Waals surface area contributed by atoms with Crippen molar-refractivity contribution >= 4 is 24.8 Å². The van der Waals surface area contributed by atoms with Crippen LogP contribution in [0.3, 0.4) is 0 Å². The van der Waals surface area contributed by atoms with Crippen LogP contribution in [-0.2, 0) is 0 Å². The molecule has 1 aromatic heterocycles. The van der Waals surface area contributed by atoms with Gasteiger partial charge in [0.1, 0.15) is 12.4 Å². The summed E-state index contributed by atoms with van der Waals surface area (Å²) in [5.41, 5.74) is 0.204. The zero-order chi connectivity index (χ0) is 10.0. The molecule has 92 valence electrons. The molecular formula is C11H18Cl2N2O. The highest BCUT2D eigenvalue weighted by Gasteiger charge is 2.50. The normalized spacial score (nSPS) is 26.2. The van der Waals surface area contributed by atoms with Crippen LogP contribution in [0.15, 0.2) is 24.5 Å². The maximum Gasteiger partial charge on any atom is 0.137 e. The van der Waals surface area contributed by atoms with Crippen LogP contribution in [0.25, 0.3) is 0 Å². The third kappa shape index (κ3) is 3.24. The number of pyridine rings is 1. The quantitative estimate of drug-likeness (QED) is 0.907. The summed E-state index contributed by atoms with van der Waals surface area (Å²) in [5, 5.41) is 3.33. The second-order valence-electron chi connectivity index (χ2n) is 3.99. The predicted octanol–water partition coefficient (Wildman–Crippen LogP) is 2.30. The molecule has 0 spiro atoms. The summed E-state index contributed by atoms with van der Waals surface area (Å²) in [5.74, 6) is 1.56. The standard InChI is InChI=1S/C11H16N2O.2ClH/c1-9-6-11(9,12-2)8-14-10-4-3-5-13-7-10;;/h3-5,7,9,12H,6,8H2,1-2H3;2*1H/t9-,11+;;/m1../s1. The van der Waals surface area contributed by atoms with Crippen molar-refractivity contribution in [1.29, 1.82) is 0 Å². The molecular weight excluding hydrogens is 247 g/mol. The van der Waals surface area contributed by atoms with E-state index in [0.29, 0.717) is 5.92 Å². The van der Waals surface area contributed by atoms with E-state index in [-0.39, 0.29) is 30.4 Å². The van der Waals surface area contributed by atoms with Gasteiger partial charge in [0.25, 0.3) is 0 Å². The number of halogens is 2. The zero-order valence-electron chi connectivity index (χ0n) is 9.47. The molecule has 0 unspecified atom stereocenters. The number of nitrogens with one attached hydrogen (secondary N) is 1. The molecule has 0 aromatic carbocycles. The van der Waals surface area contributed by atoms with E-state index in [9.17, 15) is 0 Å². The van der Waals surface area contributed by atoms with E-state index in [1.807, 2.05) is 19.2 Å². The van der Waals surface area contributed by atoms with Gasteiger partial charge < -0.3 is 10.1 Å². The fourth-order valence-corrected chi connectivity index (χ4v) is 1.75. The van der Waals surface area contributed by atoms with Crippen LogP contribution >= 0.6 is 24.8 Å². The summed E-state index contributed by atoms with van der Waals surface area (Å²) < 4.78 is 5.67. The van der Waals surface area contributed by atoms with E-state index in [4.69, 9.17) is 4.74 Å². The van der Waals surface area contributed by atoms with E-state index < -0.39 is 0 Å². The molecule has 1 fully saturated rings. The van der Waals surface area contributed by atoms with Gasteiger partial charge in [-0.05, 0) is 31.5 Å². The van der Waals surface area contributed by atoms with Crippen molar-refractivity contribution in [2.24, 2.45) is 5.92 Å². The molecule has 1 aliphatic rings. The van der Waals surface area contributed by atoms with Gasteiger partial charge >= 0.3 is 0 Å². The second kappa shape index (κ2) is 6.28. The zero-order valence-corrected chi connectivity index (χ0v) is 11.1. The lowest BCUT2D eigenvalue weighted by Crippen LogP contribution is -2.36. The molecule has 2 rings (SSSR count). The Hall–Kier alpha value is -0.510. The Morgan fingerprint density at radius 1 is 1.56 bits per heavy atom. The van der Waals surface area contributed by atoms with Crippen molar-refractivity contribution in [2.75, 3.05) is 13.7 Å². The number of hydrogen-bond acceptors (Lipinski definition) is 3. The smallest absolute Gasteiger partial charge is 0.137 e. The highest BCUT2D eigenvalue weighted by atomic mass is 35.5. The molecule has 5 heteroatoms. The Balaban J connectivity index is 0.00000112. The molecule has 3 nitrogen and oxygen atoms in total. The van der Waals surface area contributed by atoms with Gasteiger partial charge in [-0.25, -0.2) is 0 Å². The number of nitrogens with zero attached hydrogens (tertiary/aromatic N) is 1. The van der Waals surface area contributed by atoms with Gasteiger partial charge in [-0.3, -0.25) is 4.98 Å². The van der Waals surface area contributed by atoms with E-state index in [1.165, 1.54) is 6.42 Å². The number of aromatic nitrogens is 1. The summed E-state index contributed by atoms with van der Waals surface area (Å²) >= 11 is 0. The van der Waals surface area contributed by atoms with Crippen LogP contribution < -0.4 is 10.1 Å². The topological polar surface area (TPSA) is 34.1 Å². The molecule has 1 aromatic rings. The fraction of sp³-hybridized carbons (Fsp3) is 0.545. The number of ether oxygens (including phenoxy) is 1. The monoisotopic (exact) mass is 264 g/mol. The third-order valence-electron chi connectivity index (χ3n) is 3.08. The maximum absolute atomic E-state index is 5.67. The maximum atomic E-state index is 5.67. The average molecular weight is 265 g/mol. The van der Waals surface area contributed by atoms with Crippen molar-refractivity contribution in [3.63, 3.8) is 0 Å². The number of likely N-dealkylation sites (N-methyl/N-ethyl adjacent to an activating group) is 1. The first kappa shape index (κ1) is 15.5. The first-order valence-electron chi connectivity index (χ1n) is 4.98. The Labute approximate surface area is 109 Å². The van der Waals surface area contributed by atoms with Gasteiger partial charge in [0.15, 0.2) is 0 Å². The molecule has 0 saturated heterocycles. The van der Waals surface area contributed by atoms with Gasteiger partial charge in [-0.2, -0.15) is 0 Å². The van der Waals surface area contributed by atoms with Crippen LogP contribution in [0.5, 0.6) is 5.75 Å². The Morgan fingerprint density at radius 3 is 2.69 bits per heavy atom. The Kier molecular flexibility index (Phi) is 6.08. The molecule has 1 saturated carbocycles. The van der Waals surface area contributed by atoms with E-state index in [0.717, 1.165) is 12.4 Å². The minimum atomic E-state index is 0. The molecule has 1 aliphatic carbocycles. The van der Waals surface area contributed by atoms with Crippen molar-refractivity contribution in [2.45, 2.75) is 18.9 Å². The summed E-state index contributed by atoms with van der Waals surface area (Å²) in [6.07, 6.45) is 4.70. The lowest BCUT2D eigenvalue weighted by atomic mass is 10.2. The van der Waals surface area contributed by atoms with Gasteiger partial charge in [0, 0.05) is 6.20 Å². The first-order chi connectivity index (χ1) is 6.77. The van der Waals surface area contributed by atoms with Crippen LogP contribution in [-0.4, -0.2) is 24.2 Å². The molecule has 1 N–H and O–H groups in total. The molecule has 1 heterocycles. The Bertz CT molecular complexity index is 306. The summed E-state index contributed by atoms with van der Waals surface area (Å²) in [6, 6.07) is 3.82. The van der Waals surface area contributed by atoms with Crippen molar-refractivity contribution in [3.05, 3.63) is 24.5 Å². The summed E-state index contributed by atoms with van der Waals surface area (Å²) in [6.45, 7) is 2.97. The molecule has 16 heavy (non-hydrogen) atoms. The van der Waals surface area contributed by atoms with Crippen LogP contribution in [0.1, 0.15) is 13.3 Å². The molecule has 0 bridgehead atoms. The molecule has 0 aliphatic heterocycles. The van der Waals surface area contributed by atoms with E-state index >= 15 is 0 Å². The lowest BCUT2D eigenvalue weighted by Gasteiger charge is -2.16. The van der Waals surface area contributed by atoms with Crippen LogP contribution in [0, 0.1) is 5.92 Å². The van der Waals surface area contributed by atoms with Crippen LogP contribution in [0.4, 0.5) is 0 Å². The predicted molar refractivity (Wildman–Crippen MR) is 69.8 cm³/mol. The lowest BCUT2D eigenvalue weighted by molar-refractivity contribution is 0.249.